The van der Waals surface area contributed by atoms with Crippen LogP contribution in [0.25, 0.3) is 0 Å². The number of carbonyl (C=O) groups excluding carboxylic acids is 1. The van der Waals surface area contributed by atoms with E-state index in [2.05, 4.69) is 25.2 Å². The molecule has 1 fully saturated rings. The highest BCUT2D eigenvalue weighted by molar-refractivity contribution is 5.77. The fourth-order valence-electron chi connectivity index (χ4n) is 3.09. The topological polar surface area (TPSA) is 74.2 Å². The Morgan fingerprint density at radius 2 is 2.15 bits per heavy atom. The Morgan fingerprint density at radius 1 is 1.31 bits per heavy atom. The molecule has 0 saturated carbocycles. The predicted octanol–water partition coefficient (Wildman–Crippen LogP) is 2.19. The molecule has 0 radical (unpaired) electrons. The lowest BCUT2D eigenvalue weighted by atomic mass is 9.94. The molecule has 3 rings (SSSR count). The first kappa shape index (κ1) is 18.3. The summed E-state index contributed by atoms with van der Waals surface area (Å²) in [7, 11) is 3.59. The molecule has 0 spiro atoms. The van der Waals surface area contributed by atoms with E-state index in [1.54, 1.807) is 25.2 Å². The van der Waals surface area contributed by atoms with Gasteiger partial charge < -0.3 is 10.2 Å². The third kappa shape index (κ3) is 4.76. The van der Waals surface area contributed by atoms with Gasteiger partial charge in [0.25, 0.3) is 0 Å². The number of aromatic nitrogens is 3. The lowest BCUT2D eigenvalue weighted by Crippen LogP contribution is -2.41. The van der Waals surface area contributed by atoms with E-state index >= 15 is 0 Å². The molecule has 26 heavy (non-hydrogen) atoms. The van der Waals surface area contributed by atoms with Crippen LogP contribution in [0.5, 0.6) is 0 Å². The van der Waals surface area contributed by atoms with Gasteiger partial charge in [-0.1, -0.05) is 6.07 Å². The Morgan fingerprint density at radius 3 is 2.88 bits per heavy atom. The summed E-state index contributed by atoms with van der Waals surface area (Å²) < 4.78 is 0. The SMILES string of the molecule is Cc1ccc(Nc2nccc([C@H]3CCCN(CC(=O)N(C)C)C3)n2)nc1. The molecule has 7 heteroatoms. The second kappa shape index (κ2) is 8.23. The molecular formula is C19H26N6O. The van der Waals surface area contributed by atoms with E-state index in [1.165, 1.54) is 0 Å². The zero-order valence-electron chi connectivity index (χ0n) is 15.6. The minimum atomic E-state index is 0.140. The van der Waals surface area contributed by atoms with Gasteiger partial charge in [-0.15, -0.1) is 0 Å². The molecule has 0 bridgehead atoms. The summed E-state index contributed by atoms with van der Waals surface area (Å²) in [4.78, 5) is 29.2. The summed E-state index contributed by atoms with van der Waals surface area (Å²) in [5.74, 6) is 1.74. The number of hydrogen-bond acceptors (Lipinski definition) is 6. The second-order valence-electron chi connectivity index (χ2n) is 7.01. The average molecular weight is 354 g/mol. The van der Waals surface area contributed by atoms with Crippen LogP contribution < -0.4 is 5.32 Å². The molecule has 1 saturated heterocycles. The van der Waals surface area contributed by atoms with Crippen LogP contribution in [0.1, 0.15) is 30.0 Å². The van der Waals surface area contributed by atoms with Gasteiger partial charge in [0.15, 0.2) is 0 Å². The van der Waals surface area contributed by atoms with Crippen LogP contribution in [0.4, 0.5) is 11.8 Å². The highest BCUT2D eigenvalue weighted by Crippen LogP contribution is 2.26. The van der Waals surface area contributed by atoms with Gasteiger partial charge in [0, 0.05) is 39.0 Å². The van der Waals surface area contributed by atoms with Gasteiger partial charge in [-0.25, -0.2) is 15.0 Å². The smallest absolute Gasteiger partial charge is 0.236 e. The third-order valence-corrected chi connectivity index (χ3v) is 4.61. The number of hydrogen-bond donors (Lipinski definition) is 1. The lowest BCUT2D eigenvalue weighted by molar-refractivity contribution is -0.130. The quantitative estimate of drug-likeness (QED) is 0.887. The highest BCUT2D eigenvalue weighted by Gasteiger charge is 2.24. The van der Waals surface area contributed by atoms with Crippen molar-refractivity contribution >= 4 is 17.7 Å². The van der Waals surface area contributed by atoms with Crippen molar-refractivity contribution in [2.45, 2.75) is 25.7 Å². The predicted molar refractivity (Wildman–Crippen MR) is 101 cm³/mol. The summed E-state index contributed by atoms with van der Waals surface area (Å²) in [6.07, 6.45) is 5.74. The first-order chi connectivity index (χ1) is 12.5. The maximum atomic E-state index is 12.0. The minimum Gasteiger partial charge on any atom is -0.348 e. The van der Waals surface area contributed by atoms with Gasteiger partial charge in [-0.05, 0) is 44.0 Å². The molecule has 1 aliphatic heterocycles. The van der Waals surface area contributed by atoms with E-state index in [0.29, 0.717) is 18.4 Å². The molecule has 7 nitrogen and oxygen atoms in total. The van der Waals surface area contributed by atoms with Gasteiger partial charge in [0.2, 0.25) is 11.9 Å². The molecule has 2 aromatic heterocycles. The van der Waals surface area contributed by atoms with Crippen LogP contribution in [-0.2, 0) is 4.79 Å². The summed E-state index contributed by atoms with van der Waals surface area (Å²) in [6, 6.07) is 5.89. The fraction of sp³-hybridized carbons (Fsp3) is 0.474. The summed E-state index contributed by atoms with van der Waals surface area (Å²) >= 11 is 0. The Balaban J connectivity index is 1.67. The number of amides is 1. The van der Waals surface area contributed by atoms with Crippen molar-refractivity contribution in [3.63, 3.8) is 0 Å². The lowest BCUT2D eigenvalue weighted by Gasteiger charge is -2.32. The maximum Gasteiger partial charge on any atom is 0.236 e. The zero-order chi connectivity index (χ0) is 18.5. The number of aryl methyl sites for hydroxylation is 1. The Bertz CT molecular complexity index is 746. The minimum absolute atomic E-state index is 0.140. The Hall–Kier alpha value is -2.54. The van der Waals surface area contributed by atoms with Crippen molar-refractivity contribution in [3.05, 3.63) is 41.9 Å². The molecule has 0 aromatic carbocycles. The number of carbonyl (C=O) groups is 1. The van der Waals surface area contributed by atoms with Crippen molar-refractivity contribution in [2.24, 2.45) is 0 Å². The van der Waals surface area contributed by atoms with E-state index < -0.39 is 0 Å². The maximum absolute atomic E-state index is 12.0. The van der Waals surface area contributed by atoms with Crippen LogP contribution in [0.2, 0.25) is 0 Å². The third-order valence-electron chi connectivity index (χ3n) is 4.61. The molecule has 1 aliphatic rings. The van der Waals surface area contributed by atoms with Crippen molar-refractivity contribution in [1.29, 1.82) is 0 Å². The standard InChI is InChI=1S/C19H26N6O/c1-14-6-7-17(21-11-14)23-19-20-9-8-16(22-19)15-5-4-10-25(12-15)13-18(26)24(2)3/h6-9,11,15H,4-5,10,12-13H2,1-3H3,(H,20,21,22,23)/t15-/m0/s1. The molecule has 0 unspecified atom stereocenters. The van der Waals surface area contributed by atoms with Gasteiger partial charge >= 0.3 is 0 Å². The molecule has 1 atom stereocenters. The van der Waals surface area contributed by atoms with Gasteiger partial charge in [-0.2, -0.15) is 0 Å². The number of likely N-dealkylation sites (N-methyl/N-ethyl adjacent to an activating group) is 1. The van der Waals surface area contributed by atoms with E-state index in [9.17, 15) is 4.79 Å². The Kier molecular flexibility index (Phi) is 5.78. The van der Waals surface area contributed by atoms with Gasteiger partial charge in [-0.3, -0.25) is 9.69 Å². The normalized spacial score (nSPS) is 17.7. The number of anilines is 2. The number of piperidine rings is 1. The molecule has 3 heterocycles. The molecule has 2 aromatic rings. The Labute approximate surface area is 154 Å². The monoisotopic (exact) mass is 354 g/mol. The number of nitrogens with zero attached hydrogens (tertiary/aromatic N) is 5. The molecule has 1 N–H and O–H groups in total. The van der Waals surface area contributed by atoms with Crippen molar-refractivity contribution in [2.75, 3.05) is 39.0 Å². The first-order valence-corrected chi connectivity index (χ1v) is 8.96. The number of rotatable bonds is 5. The van der Waals surface area contributed by atoms with E-state index in [0.717, 1.165) is 43.0 Å². The van der Waals surface area contributed by atoms with Crippen molar-refractivity contribution in [1.82, 2.24) is 24.8 Å². The summed E-state index contributed by atoms with van der Waals surface area (Å²) in [6.45, 7) is 4.27. The molecule has 0 aliphatic carbocycles. The van der Waals surface area contributed by atoms with E-state index in [-0.39, 0.29) is 5.91 Å². The van der Waals surface area contributed by atoms with Crippen LogP contribution in [0.15, 0.2) is 30.6 Å². The van der Waals surface area contributed by atoms with Crippen LogP contribution >= 0.6 is 0 Å². The number of likely N-dealkylation sites (tertiary alicyclic amines) is 1. The molecule has 1 amide bonds. The largest absolute Gasteiger partial charge is 0.348 e. The average Bonchev–Trinajstić information content (AvgIpc) is 2.64. The molecular weight excluding hydrogens is 328 g/mol. The van der Waals surface area contributed by atoms with Crippen LogP contribution in [-0.4, -0.2) is 64.4 Å². The van der Waals surface area contributed by atoms with Crippen LogP contribution in [0.3, 0.4) is 0 Å². The van der Waals surface area contributed by atoms with Crippen molar-refractivity contribution < 1.29 is 4.79 Å². The second-order valence-corrected chi connectivity index (χ2v) is 7.01. The number of pyridine rings is 1. The van der Waals surface area contributed by atoms with Gasteiger partial charge in [0.05, 0.1) is 12.2 Å². The first-order valence-electron chi connectivity index (χ1n) is 8.96. The number of nitrogens with one attached hydrogen (secondary N) is 1. The van der Waals surface area contributed by atoms with Gasteiger partial charge in [0.1, 0.15) is 5.82 Å². The van der Waals surface area contributed by atoms with Crippen LogP contribution in [0, 0.1) is 6.92 Å². The zero-order valence-corrected chi connectivity index (χ0v) is 15.6. The van der Waals surface area contributed by atoms with Crippen molar-refractivity contribution in [3.8, 4) is 0 Å². The van der Waals surface area contributed by atoms with E-state index in [4.69, 9.17) is 0 Å². The highest BCUT2D eigenvalue weighted by atomic mass is 16.2. The molecule has 138 valence electrons. The van der Waals surface area contributed by atoms with E-state index in [1.807, 2.05) is 31.3 Å². The summed E-state index contributed by atoms with van der Waals surface area (Å²) in [5.41, 5.74) is 2.12. The fourth-order valence-corrected chi connectivity index (χ4v) is 3.09. The summed E-state index contributed by atoms with van der Waals surface area (Å²) in [5, 5.41) is 3.16.